The lowest BCUT2D eigenvalue weighted by atomic mass is 9.91. The first-order valence-electron chi connectivity index (χ1n) is 9.41. The van der Waals surface area contributed by atoms with Crippen LogP contribution in [0.3, 0.4) is 0 Å². The van der Waals surface area contributed by atoms with Gasteiger partial charge in [-0.05, 0) is 42.3 Å². The molecule has 0 heterocycles. The average Bonchev–Trinajstić information content (AvgIpc) is 2.74. The molecule has 3 aromatic carbocycles. The summed E-state index contributed by atoms with van der Waals surface area (Å²) in [5, 5.41) is 12.2. The highest BCUT2D eigenvalue weighted by Crippen LogP contribution is 2.31. The highest BCUT2D eigenvalue weighted by Gasteiger charge is 2.39. The number of hydrogen-bond acceptors (Lipinski definition) is 4. The van der Waals surface area contributed by atoms with Gasteiger partial charge in [-0.25, -0.2) is 8.42 Å². The molecule has 2 atom stereocenters. The third-order valence-electron chi connectivity index (χ3n) is 4.89. The van der Waals surface area contributed by atoms with Crippen molar-refractivity contribution < 1.29 is 13.3 Å². The molecule has 0 aliphatic carbocycles. The molecular weight excluding hydrogens is 480 g/mol. The summed E-state index contributed by atoms with van der Waals surface area (Å²) in [6.07, 6.45) is 0. The summed E-state index contributed by atoms with van der Waals surface area (Å²) in [6.45, 7) is 5.79. The molecule has 0 saturated heterocycles. The largest absolute Gasteiger partial charge is 0.264 e. The number of halogens is 1. The molecule has 8 heteroatoms. The van der Waals surface area contributed by atoms with Crippen LogP contribution in [0.5, 0.6) is 0 Å². The minimum atomic E-state index is -4.04. The number of sulfonamides is 1. The Morgan fingerprint density at radius 3 is 2.13 bits per heavy atom. The van der Waals surface area contributed by atoms with E-state index in [1.165, 1.54) is 12.1 Å². The van der Waals surface area contributed by atoms with E-state index < -0.39 is 27.0 Å². The maximum atomic E-state index is 13.1. The van der Waals surface area contributed by atoms with E-state index in [0.29, 0.717) is 11.1 Å². The number of nitro groups is 1. The number of benzene rings is 3. The number of hydrogen-bond donors (Lipinski definition) is 1. The first-order chi connectivity index (χ1) is 14.7. The fraction of sp³-hybridized carbons (Fsp3) is 0.130. The molecule has 0 amide bonds. The molecule has 3 rings (SSSR count). The van der Waals surface area contributed by atoms with E-state index in [-0.39, 0.29) is 10.5 Å². The van der Waals surface area contributed by atoms with E-state index >= 15 is 0 Å². The van der Waals surface area contributed by atoms with Crippen molar-refractivity contribution in [2.24, 2.45) is 0 Å². The average molecular weight is 501 g/mol. The van der Waals surface area contributed by atoms with Gasteiger partial charge in [0.15, 0.2) is 0 Å². The van der Waals surface area contributed by atoms with Crippen LogP contribution in [0.1, 0.15) is 22.7 Å². The van der Waals surface area contributed by atoms with E-state index in [9.17, 15) is 18.5 Å². The van der Waals surface area contributed by atoms with Crippen LogP contribution < -0.4 is 4.72 Å². The molecule has 0 saturated carbocycles. The van der Waals surface area contributed by atoms with Crippen molar-refractivity contribution in [1.82, 2.24) is 4.72 Å². The quantitative estimate of drug-likeness (QED) is 0.342. The lowest BCUT2D eigenvalue weighted by Crippen LogP contribution is -2.40. The molecule has 0 unspecified atom stereocenters. The van der Waals surface area contributed by atoms with Crippen LogP contribution in [0, 0.1) is 17.0 Å². The van der Waals surface area contributed by atoms with Gasteiger partial charge < -0.3 is 0 Å². The van der Waals surface area contributed by atoms with Crippen molar-refractivity contribution in [1.29, 1.82) is 0 Å². The molecule has 0 spiro atoms. The molecule has 6 nitrogen and oxygen atoms in total. The monoisotopic (exact) mass is 500 g/mol. The predicted molar refractivity (Wildman–Crippen MR) is 125 cm³/mol. The van der Waals surface area contributed by atoms with Gasteiger partial charge in [-0.3, -0.25) is 10.1 Å². The van der Waals surface area contributed by atoms with Gasteiger partial charge in [-0.1, -0.05) is 82.7 Å². The Morgan fingerprint density at radius 1 is 1.00 bits per heavy atom. The Kier molecular flexibility index (Phi) is 7.04. The Hall–Kier alpha value is -2.81. The van der Waals surface area contributed by atoms with E-state index in [1.807, 2.05) is 6.92 Å². The van der Waals surface area contributed by atoms with Gasteiger partial charge in [0.2, 0.25) is 10.0 Å². The summed E-state index contributed by atoms with van der Waals surface area (Å²) in [4.78, 5) is 11.7. The zero-order chi connectivity index (χ0) is 22.6. The minimum absolute atomic E-state index is 0.0348. The van der Waals surface area contributed by atoms with Crippen LogP contribution in [0.15, 0.2) is 94.8 Å². The van der Waals surface area contributed by atoms with Gasteiger partial charge >= 0.3 is 0 Å². The second-order valence-electron chi connectivity index (χ2n) is 7.09. The Bertz CT molecular complexity index is 1180. The minimum Gasteiger partial charge on any atom is -0.264 e. The lowest BCUT2D eigenvalue weighted by molar-refractivity contribution is -0.510. The Labute approximate surface area is 190 Å². The number of rotatable bonds is 8. The molecule has 0 fully saturated rings. The molecule has 31 heavy (non-hydrogen) atoms. The molecule has 0 aliphatic heterocycles. The van der Waals surface area contributed by atoms with Gasteiger partial charge in [0.05, 0.1) is 4.90 Å². The number of nitrogens with one attached hydrogen (secondary N) is 1. The predicted octanol–water partition coefficient (Wildman–Crippen LogP) is 5.14. The summed E-state index contributed by atoms with van der Waals surface area (Å²) in [5.74, 6) is 0. The van der Waals surface area contributed by atoms with E-state index in [1.54, 1.807) is 66.7 Å². The van der Waals surface area contributed by atoms with Crippen LogP contribution in [-0.4, -0.2) is 19.4 Å². The van der Waals surface area contributed by atoms with Crippen LogP contribution >= 0.6 is 15.9 Å². The Morgan fingerprint density at radius 2 is 1.58 bits per heavy atom. The van der Waals surface area contributed by atoms with E-state index in [2.05, 4.69) is 27.2 Å². The van der Waals surface area contributed by atoms with Crippen molar-refractivity contribution >= 4 is 31.5 Å². The van der Waals surface area contributed by atoms with Crippen molar-refractivity contribution in [2.75, 3.05) is 0 Å². The molecular formula is C23H21BrN2O4S. The molecule has 160 valence electrons. The second-order valence-corrected chi connectivity index (χ2v) is 9.71. The Balaban J connectivity index is 2.08. The maximum Gasteiger partial charge on any atom is 0.258 e. The number of aryl methyl sites for hydroxylation is 1. The van der Waals surface area contributed by atoms with Crippen LogP contribution in [0.2, 0.25) is 0 Å². The second kappa shape index (κ2) is 9.55. The van der Waals surface area contributed by atoms with Crippen LogP contribution in [0.25, 0.3) is 5.57 Å². The molecule has 3 aromatic rings. The van der Waals surface area contributed by atoms with E-state index in [0.717, 1.165) is 10.0 Å². The smallest absolute Gasteiger partial charge is 0.258 e. The first-order valence-corrected chi connectivity index (χ1v) is 11.7. The van der Waals surface area contributed by atoms with E-state index in [4.69, 9.17) is 0 Å². The molecule has 0 bridgehead atoms. The molecule has 1 N–H and O–H groups in total. The highest BCUT2D eigenvalue weighted by atomic mass is 79.9. The van der Waals surface area contributed by atoms with Crippen LogP contribution in [0.4, 0.5) is 0 Å². The fourth-order valence-electron chi connectivity index (χ4n) is 3.21. The van der Waals surface area contributed by atoms with Crippen molar-refractivity contribution in [2.45, 2.75) is 23.9 Å². The summed E-state index contributed by atoms with van der Waals surface area (Å²) < 4.78 is 29.5. The topological polar surface area (TPSA) is 89.3 Å². The van der Waals surface area contributed by atoms with Crippen LogP contribution in [-0.2, 0) is 10.0 Å². The molecule has 0 aliphatic rings. The molecule has 0 aromatic heterocycles. The lowest BCUT2D eigenvalue weighted by Gasteiger charge is -2.24. The third kappa shape index (κ3) is 5.46. The van der Waals surface area contributed by atoms with Gasteiger partial charge in [-0.15, -0.1) is 0 Å². The van der Waals surface area contributed by atoms with Gasteiger partial charge in [0.1, 0.15) is 6.04 Å². The third-order valence-corrected chi connectivity index (χ3v) is 6.87. The first kappa shape index (κ1) is 22.9. The zero-order valence-electron chi connectivity index (χ0n) is 16.7. The van der Waals surface area contributed by atoms with Crippen molar-refractivity contribution in [3.05, 3.63) is 117 Å². The summed E-state index contributed by atoms with van der Waals surface area (Å²) in [5.41, 5.74) is 2.15. The van der Waals surface area contributed by atoms with Gasteiger partial charge in [0, 0.05) is 15.0 Å². The maximum absolute atomic E-state index is 13.1. The summed E-state index contributed by atoms with van der Waals surface area (Å²) in [6, 6.07) is 19.2. The van der Waals surface area contributed by atoms with Gasteiger partial charge in [-0.2, -0.15) is 4.72 Å². The fourth-order valence-corrected chi connectivity index (χ4v) is 4.70. The SMILES string of the molecule is C=C(c1ccccc1)[C@@H]([C@@H](NS(=O)(=O)c1ccc(C)cc1)c1ccc(Br)cc1)[N+](=O)[O-]. The molecule has 0 radical (unpaired) electrons. The van der Waals surface area contributed by atoms with Gasteiger partial charge in [0.25, 0.3) is 6.04 Å². The number of nitrogens with zero attached hydrogens (tertiary/aromatic N) is 1. The standard InChI is InChI=1S/C23H21BrN2O4S/c1-16-8-14-21(15-9-16)31(29,30)25-22(19-10-12-20(24)13-11-19)23(26(27)28)17(2)18-6-4-3-5-7-18/h3-15,22-23,25H,2H2,1H3/t22-,23-/m0/s1. The summed E-state index contributed by atoms with van der Waals surface area (Å²) in [7, 11) is -4.04. The summed E-state index contributed by atoms with van der Waals surface area (Å²) >= 11 is 3.34. The van der Waals surface area contributed by atoms with Crippen molar-refractivity contribution in [3.63, 3.8) is 0 Å². The zero-order valence-corrected chi connectivity index (χ0v) is 19.1. The highest BCUT2D eigenvalue weighted by molar-refractivity contribution is 9.10. The van der Waals surface area contributed by atoms with Crippen molar-refractivity contribution in [3.8, 4) is 0 Å². The normalized spacial score (nSPS) is 13.4.